The summed E-state index contributed by atoms with van der Waals surface area (Å²) in [7, 11) is 0. The molecule has 0 aliphatic heterocycles. The van der Waals surface area contributed by atoms with E-state index in [0.29, 0.717) is 11.5 Å². The first kappa shape index (κ1) is 20.1. The molecular weight excluding hydrogens is 458 g/mol. The number of imidazole rings is 1. The van der Waals surface area contributed by atoms with Crippen LogP contribution in [-0.4, -0.2) is 33.3 Å². The number of nitrogens with zero attached hydrogens (tertiary/aromatic N) is 2. The van der Waals surface area contributed by atoms with Crippen molar-refractivity contribution in [1.82, 2.24) is 15.0 Å². The number of hydrogen-bond donors (Lipinski definition) is 1. The highest BCUT2D eigenvalue weighted by molar-refractivity contribution is 9.10. The van der Waals surface area contributed by atoms with Gasteiger partial charge in [0.1, 0.15) is 5.82 Å². The third-order valence-corrected chi connectivity index (χ3v) is 7.11. The number of ether oxygens (including phenoxy) is 1. The Bertz CT molecular complexity index is 1100. The largest absolute Gasteiger partial charge is 0.457 e. The van der Waals surface area contributed by atoms with Crippen LogP contribution in [0.5, 0.6) is 0 Å². The molecular formula is C24H22BrN3O3. The Labute approximate surface area is 188 Å². The maximum Gasteiger partial charge on any atom is 0.310 e. The number of Topliss-reactive ketones (excluding diaryl/α,β-unsaturated/α-hetero) is 1. The van der Waals surface area contributed by atoms with E-state index < -0.39 is 0 Å². The van der Waals surface area contributed by atoms with Crippen molar-refractivity contribution in [3.05, 3.63) is 70.8 Å². The zero-order valence-electron chi connectivity index (χ0n) is 16.8. The number of pyridine rings is 1. The lowest BCUT2D eigenvalue weighted by atomic mass is 9.79. The van der Waals surface area contributed by atoms with Crippen molar-refractivity contribution in [3.63, 3.8) is 0 Å². The fourth-order valence-electron chi connectivity index (χ4n) is 5.15. The van der Waals surface area contributed by atoms with E-state index in [1.807, 2.05) is 30.5 Å². The number of fused-ring (bicyclic) bond motifs is 2. The zero-order chi connectivity index (χ0) is 21.4. The van der Waals surface area contributed by atoms with Gasteiger partial charge in [0, 0.05) is 28.3 Å². The Balaban J connectivity index is 1.32. The number of nitrogens with one attached hydrogen (secondary N) is 1. The minimum absolute atomic E-state index is 0.00365. The molecule has 4 atom stereocenters. The Morgan fingerprint density at radius 1 is 1.10 bits per heavy atom. The van der Waals surface area contributed by atoms with Crippen molar-refractivity contribution in [3.8, 4) is 11.3 Å². The number of aromatic nitrogens is 3. The number of aromatic amines is 1. The maximum atomic E-state index is 13.0. The van der Waals surface area contributed by atoms with E-state index in [4.69, 9.17) is 4.74 Å². The van der Waals surface area contributed by atoms with Crippen LogP contribution in [0.4, 0.5) is 0 Å². The van der Waals surface area contributed by atoms with Gasteiger partial charge in [-0.05, 0) is 60.9 Å². The van der Waals surface area contributed by atoms with Gasteiger partial charge < -0.3 is 9.72 Å². The summed E-state index contributed by atoms with van der Waals surface area (Å²) in [5.41, 5.74) is 2.43. The molecule has 7 heteroatoms. The normalized spacial score (nSPS) is 24.3. The topological polar surface area (TPSA) is 84.9 Å². The Morgan fingerprint density at radius 2 is 1.90 bits per heavy atom. The summed E-state index contributed by atoms with van der Waals surface area (Å²) < 4.78 is 6.51. The Kier molecular flexibility index (Phi) is 5.44. The summed E-state index contributed by atoms with van der Waals surface area (Å²) in [6.45, 7) is -0.257. The second-order valence-electron chi connectivity index (χ2n) is 8.35. The molecule has 31 heavy (non-hydrogen) atoms. The molecule has 2 aliphatic rings. The minimum atomic E-state index is -0.295. The minimum Gasteiger partial charge on any atom is -0.457 e. The summed E-state index contributed by atoms with van der Waals surface area (Å²) >= 11 is 3.46. The Morgan fingerprint density at radius 3 is 2.68 bits per heavy atom. The molecule has 0 spiro atoms. The highest BCUT2D eigenvalue weighted by Gasteiger charge is 2.53. The quantitative estimate of drug-likeness (QED) is 0.405. The van der Waals surface area contributed by atoms with E-state index in [1.54, 1.807) is 18.3 Å². The molecule has 0 radical (unpaired) electrons. The van der Waals surface area contributed by atoms with Crippen LogP contribution in [0.3, 0.4) is 0 Å². The third kappa shape index (κ3) is 3.94. The summed E-state index contributed by atoms with van der Waals surface area (Å²) in [6.07, 6.45) is 8.06. The molecule has 3 aromatic rings. The number of carbonyl (C=O) groups is 2. The summed E-state index contributed by atoms with van der Waals surface area (Å²) in [5.74, 6) is 0.754. The molecule has 1 aromatic carbocycles. The van der Waals surface area contributed by atoms with E-state index in [9.17, 15) is 9.59 Å². The average Bonchev–Trinajstić information content (AvgIpc) is 3.54. The number of hydrogen-bond acceptors (Lipinski definition) is 5. The summed E-state index contributed by atoms with van der Waals surface area (Å²) in [5, 5.41) is 0. The molecule has 158 valence electrons. The second-order valence-corrected chi connectivity index (χ2v) is 9.26. The Hall–Kier alpha value is -2.80. The van der Waals surface area contributed by atoms with Crippen molar-refractivity contribution in [2.45, 2.75) is 25.2 Å². The molecule has 2 aliphatic carbocycles. The van der Waals surface area contributed by atoms with Crippen molar-refractivity contribution >= 4 is 27.7 Å². The fraction of sp³-hybridized carbons (Fsp3) is 0.333. The van der Waals surface area contributed by atoms with Crippen LogP contribution in [0.15, 0.2) is 59.5 Å². The van der Waals surface area contributed by atoms with Gasteiger partial charge in [-0.25, -0.2) is 4.98 Å². The highest BCUT2D eigenvalue weighted by atomic mass is 79.9. The predicted molar refractivity (Wildman–Crippen MR) is 118 cm³/mol. The van der Waals surface area contributed by atoms with Gasteiger partial charge in [-0.1, -0.05) is 28.1 Å². The highest BCUT2D eigenvalue weighted by Crippen LogP contribution is 2.56. The standard InChI is InChI=1S/C24H22BrN3O3/c25-18-7-5-14(6-8-18)19-12-27-23(28-19)21-15-3-4-16(10-15)22(21)24(30)31-13-20(29)17-2-1-9-26-11-17/h1-2,5-9,11-12,15-16,21-22H,3-4,10,13H2,(H,27,28)/t15?,16?,21-,22-/m0/s1. The fourth-order valence-corrected chi connectivity index (χ4v) is 5.41. The van der Waals surface area contributed by atoms with Gasteiger partial charge in [-0.15, -0.1) is 0 Å². The van der Waals surface area contributed by atoms with Crippen LogP contribution in [0.25, 0.3) is 11.3 Å². The lowest BCUT2D eigenvalue weighted by molar-refractivity contribution is -0.150. The number of halogens is 1. The van der Waals surface area contributed by atoms with Crippen molar-refractivity contribution < 1.29 is 14.3 Å². The van der Waals surface area contributed by atoms with Gasteiger partial charge >= 0.3 is 5.97 Å². The van der Waals surface area contributed by atoms with Crippen molar-refractivity contribution in [2.75, 3.05) is 6.61 Å². The van der Waals surface area contributed by atoms with E-state index in [-0.39, 0.29) is 36.1 Å². The molecule has 2 unspecified atom stereocenters. The third-order valence-electron chi connectivity index (χ3n) is 6.58. The number of rotatable bonds is 6. The van der Waals surface area contributed by atoms with E-state index in [1.165, 1.54) is 6.20 Å². The van der Waals surface area contributed by atoms with Gasteiger partial charge in [0.15, 0.2) is 6.61 Å². The molecule has 2 bridgehead atoms. The first-order chi connectivity index (χ1) is 15.1. The van der Waals surface area contributed by atoms with Crippen LogP contribution in [0, 0.1) is 17.8 Å². The van der Waals surface area contributed by atoms with Crippen LogP contribution in [0.2, 0.25) is 0 Å². The first-order valence-electron chi connectivity index (χ1n) is 10.5. The molecule has 1 N–H and O–H groups in total. The molecule has 2 heterocycles. The second kappa shape index (κ2) is 8.38. The SMILES string of the molecule is O=C(COC(=O)[C@H]1C2CCC(C2)[C@@H]1c1ncc(-c2ccc(Br)cc2)[nH]1)c1cccnc1. The first-order valence-corrected chi connectivity index (χ1v) is 11.3. The van der Waals surface area contributed by atoms with E-state index >= 15 is 0 Å². The zero-order valence-corrected chi connectivity index (χ0v) is 18.4. The van der Waals surface area contributed by atoms with Crippen LogP contribution in [0.1, 0.15) is 41.4 Å². The monoisotopic (exact) mass is 479 g/mol. The number of H-pyrrole nitrogens is 1. The number of benzene rings is 1. The van der Waals surface area contributed by atoms with Gasteiger partial charge in [0.2, 0.25) is 5.78 Å². The molecule has 5 rings (SSSR count). The molecule has 2 saturated carbocycles. The summed E-state index contributed by atoms with van der Waals surface area (Å²) in [4.78, 5) is 37.4. The van der Waals surface area contributed by atoms with Gasteiger partial charge in [-0.3, -0.25) is 14.6 Å². The lowest BCUT2D eigenvalue weighted by Gasteiger charge is -2.28. The summed E-state index contributed by atoms with van der Waals surface area (Å²) in [6, 6.07) is 11.4. The number of carbonyl (C=O) groups excluding carboxylic acids is 2. The van der Waals surface area contributed by atoms with Crippen molar-refractivity contribution in [1.29, 1.82) is 0 Å². The number of esters is 1. The van der Waals surface area contributed by atoms with Crippen LogP contribution < -0.4 is 0 Å². The molecule has 0 amide bonds. The van der Waals surface area contributed by atoms with Crippen LogP contribution >= 0.6 is 15.9 Å². The van der Waals surface area contributed by atoms with E-state index in [0.717, 1.165) is 40.8 Å². The average molecular weight is 480 g/mol. The maximum absolute atomic E-state index is 13.0. The molecule has 0 saturated heterocycles. The van der Waals surface area contributed by atoms with E-state index in [2.05, 4.69) is 30.9 Å². The lowest BCUT2D eigenvalue weighted by Crippen LogP contribution is -2.31. The van der Waals surface area contributed by atoms with Crippen molar-refractivity contribution in [2.24, 2.45) is 17.8 Å². The smallest absolute Gasteiger partial charge is 0.310 e. The van der Waals surface area contributed by atoms with Gasteiger partial charge in [0.05, 0.1) is 17.8 Å². The number of ketones is 1. The molecule has 6 nitrogen and oxygen atoms in total. The predicted octanol–water partition coefficient (Wildman–Crippen LogP) is 4.79. The van der Waals surface area contributed by atoms with Gasteiger partial charge in [0.25, 0.3) is 0 Å². The van der Waals surface area contributed by atoms with Gasteiger partial charge in [-0.2, -0.15) is 0 Å². The van der Waals surface area contributed by atoms with Crippen LogP contribution in [-0.2, 0) is 9.53 Å². The molecule has 2 aromatic heterocycles. The molecule has 2 fully saturated rings.